The zero-order chi connectivity index (χ0) is 8.06. The van der Waals surface area contributed by atoms with E-state index < -0.39 is 5.97 Å². The van der Waals surface area contributed by atoms with Crippen molar-refractivity contribution in [3.63, 3.8) is 0 Å². The summed E-state index contributed by atoms with van der Waals surface area (Å²) in [6.45, 7) is 3.72. The van der Waals surface area contributed by atoms with Crippen molar-refractivity contribution in [2.75, 3.05) is 0 Å². The van der Waals surface area contributed by atoms with E-state index in [1.807, 2.05) is 6.08 Å². The summed E-state index contributed by atoms with van der Waals surface area (Å²) in [5.74, 6) is -0.738. The highest BCUT2D eigenvalue weighted by molar-refractivity contribution is 5.74. The summed E-state index contributed by atoms with van der Waals surface area (Å²) in [6, 6.07) is 0.0489. The molecule has 3 atom stereocenters. The van der Waals surface area contributed by atoms with Gasteiger partial charge in [-0.1, -0.05) is 6.08 Å². The van der Waals surface area contributed by atoms with Crippen molar-refractivity contribution in [2.45, 2.75) is 24.9 Å². The van der Waals surface area contributed by atoms with Gasteiger partial charge in [0.15, 0.2) is 0 Å². The van der Waals surface area contributed by atoms with Crippen LogP contribution in [-0.2, 0) is 4.79 Å². The number of hydrogen-bond donors (Lipinski definition) is 2. The van der Waals surface area contributed by atoms with Crippen LogP contribution in [0.3, 0.4) is 0 Å². The Morgan fingerprint density at radius 3 is 2.82 bits per heavy atom. The number of hydrogen-bond acceptors (Lipinski definition) is 2. The molecule has 1 heterocycles. The molecular formula is C8H11NO2. The molecule has 0 radical (unpaired) electrons. The molecule has 0 bridgehead atoms. The molecule has 1 unspecified atom stereocenters. The minimum absolute atomic E-state index is 0.128. The molecule has 3 heteroatoms. The number of rotatable bonds is 2. The lowest BCUT2D eigenvalue weighted by Gasteiger charge is -2.07. The summed E-state index contributed by atoms with van der Waals surface area (Å²) in [4.78, 5) is 10.5. The van der Waals surface area contributed by atoms with Gasteiger partial charge in [-0.25, -0.2) is 0 Å². The van der Waals surface area contributed by atoms with E-state index in [9.17, 15) is 4.79 Å². The molecule has 2 N–H and O–H groups in total. The van der Waals surface area contributed by atoms with Crippen LogP contribution >= 0.6 is 0 Å². The van der Waals surface area contributed by atoms with Crippen molar-refractivity contribution in [3.8, 4) is 0 Å². The molecule has 11 heavy (non-hydrogen) atoms. The minimum atomic E-state index is -0.738. The Morgan fingerprint density at radius 1 is 1.73 bits per heavy atom. The maximum absolute atomic E-state index is 10.5. The van der Waals surface area contributed by atoms with Gasteiger partial charge in [0.2, 0.25) is 0 Å². The number of carboxylic acid groups (broad SMARTS) is 1. The predicted octanol–water partition coefficient (Wildman–Crippen LogP) is 0.378. The topological polar surface area (TPSA) is 49.3 Å². The van der Waals surface area contributed by atoms with Gasteiger partial charge in [0.05, 0.1) is 0 Å². The van der Waals surface area contributed by atoms with Crippen LogP contribution in [0.25, 0.3) is 0 Å². The van der Waals surface area contributed by atoms with Gasteiger partial charge in [-0.05, 0) is 12.8 Å². The zero-order valence-corrected chi connectivity index (χ0v) is 6.21. The summed E-state index contributed by atoms with van der Waals surface area (Å²) in [5.41, 5.74) is 0.128. The second kappa shape index (κ2) is 1.85. The van der Waals surface area contributed by atoms with E-state index in [4.69, 9.17) is 5.11 Å². The number of aliphatic carboxylic acids is 1. The maximum Gasteiger partial charge on any atom is 0.320 e. The van der Waals surface area contributed by atoms with E-state index >= 15 is 0 Å². The molecule has 0 amide bonds. The standard InChI is InChI=1S/C8H11NO2/c1-2-8-3-5(7(10)11)9-6(8)4-8/h2,5-6,9H,1,3-4H2,(H,10,11)/t5?,6-,8+/m0/s1. The smallest absolute Gasteiger partial charge is 0.320 e. The highest BCUT2D eigenvalue weighted by Crippen LogP contribution is 2.55. The molecule has 0 aromatic carbocycles. The van der Waals surface area contributed by atoms with Crippen molar-refractivity contribution in [2.24, 2.45) is 5.41 Å². The van der Waals surface area contributed by atoms with Gasteiger partial charge in [-0.15, -0.1) is 6.58 Å². The van der Waals surface area contributed by atoms with Crippen molar-refractivity contribution < 1.29 is 9.90 Å². The van der Waals surface area contributed by atoms with E-state index in [-0.39, 0.29) is 11.5 Å². The average molecular weight is 153 g/mol. The van der Waals surface area contributed by atoms with Gasteiger partial charge in [0.1, 0.15) is 6.04 Å². The molecule has 3 nitrogen and oxygen atoms in total. The first-order valence-electron chi connectivity index (χ1n) is 3.80. The SMILES string of the molecule is C=C[C@]12CC(C(=O)O)N[C@H]1C2. The Labute approximate surface area is 65.1 Å². The van der Waals surface area contributed by atoms with Crippen LogP contribution in [0.4, 0.5) is 0 Å². The van der Waals surface area contributed by atoms with Gasteiger partial charge in [-0.3, -0.25) is 4.79 Å². The third kappa shape index (κ3) is 0.807. The largest absolute Gasteiger partial charge is 0.480 e. The van der Waals surface area contributed by atoms with E-state index in [1.165, 1.54) is 0 Å². The summed E-state index contributed by atoms with van der Waals surface area (Å²) in [7, 11) is 0. The Bertz CT molecular complexity index is 226. The summed E-state index contributed by atoms with van der Waals surface area (Å²) >= 11 is 0. The van der Waals surface area contributed by atoms with Crippen LogP contribution in [0.5, 0.6) is 0 Å². The Balaban J connectivity index is 2.07. The lowest BCUT2D eigenvalue weighted by Crippen LogP contribution is -2.33. The molecule has 2 rings (SSSR count). The third-order valence-corrected chi connectivity index (χ3v) is 2.81. The minimum Gasteiger partial charge on any atom is -0.480 e. The van der Waals surface area contributed by atoms with Crippen molar-refractivity contribution in [1.29, 1.82) is 0 Å². The zero-order valence-electron chi connectivity index (χ0n) is 6.21. The number of carbonyl (C=O) groups is 1. The Morgan fingerprint density at radius 2 is 2.45 bits per heavy atom. The van der Waals surface area contributed by atoms with Gasteiger partial charge in [0.25, 0.3) is 0 Å². The molecule has 2 fully saturated rings. The second-order valence-corrected chi connectivity index (χ2v) is 3.46. The fourth-order valence-corrected chi connectivity index (χ4v) is 1.92. The Kier molecular flexibility index (Phi) is 1.16. The molecule has 1 aliphatic heterocycles. The number of piperidine rings is 1. The van der Waals surface area contributed by atoms with Crippen molar-refractivity contribution in [1.82, 2.24) is 5.32 Å². The first-order valence-corrected chi connectivity index (χ1v) is 3.80. The number of nitrogens with one attached hydrogen (secondary N) is 1. The quantitative estimate of drug-likeness (QED) is 0.564. The molecule has 0 aromatic rings. The average Bonchev–Trinajstić information content (AvgIpc) is 2.55. The van der Waals surface area contributed by atoms with Crippen LogP contribution < -0.4 is 5.32 Å². The molecule has 1 aliphatic carbocycles. The monoisotopic (exact) mass is 153 g/mol. The van der Waals surface area contributed by atoms with E-state index in [0.717, 1.165) is 12.8 Å². The summed E-state index contributed by atoms with van der Waals surface area (Å²) < 4.78 is 0. The van der Waals surface area contributed by atoms with E-state index in [2.05, 4.69) is 11.9 Å². The summed E-state index contributed by atoms with van der Waals surface area (Å²) in [6.07, 6.45) is 3.68. The first kappa shape index (κ1) is 6.85. The fraction of sp³-hybridized carbons (Fsp3) is 0.625. The van der Waals surface area contributed by atoms with Gasteiger partial charge in [0, 0.05) is 11.5 Å². The van der Waals surface area contributed by atoms with Crippen LogP contribution in [0.2, 0.25) is 0 Å². The first-order chi connectivity index (χ1) is 5.18. The molecule has 0 aromatic heterocycles. The highest BCUT2D eigenvalue weighted by Gasteiger charge is 2.59. The normalized spacial score (nSPS) is 46.5. The molecule has 60 valence electrons. The van der Waals surface area contributed by atoms with Crippen LogP contribution in [-0.4, -0.2) is 23.2 Å². The molecule has 1 saturated carbocycles. The van der Waals surface area contributed by atoms with E-state index in [1.54, 1.807) is 0 Å². The molecular weight excluding hydrogens is 142 g/mol. The maximum atomic E-state index is 10.5. The third-order valence-electron chi connectivity index (χ3n) is 2.81. The highest BCUT2D eigenvalue weighted by atomic mass is 16.4. The van der Waals surface area contributed by atoms with Gasteiger partial charge < -0.3 is 10.4 Å². The lowest BCUT2D eigenvalue weighted by atomic mass is 10.0. The van der Waals surface area contributed by atoms with Crippen molar-refractivity contribution >= 4 is 5.97 Å². The fourth-order valence-electron chi connectivity index (χ4n) is 1.92. The second-order valence-electron chi connectivity index (χ2n) is 3.46. The lowest BCUT2D eigenvalue weighted by molar-refractivity contribution is -0.139. The molecule has 2 aliphatic rings. The number of fused-ring (bicyclic) bond motifs is 1. The van der Waals surface area contributed by atoms with Crippen LogP contribution in [0.1, 0.15) is 12.8 Å². The molecule has 0 spiro atoms. The summed E-state index contributed by atoms with van der Waals surface area (Å²) in [5, 5.41) is 11.7. The van der Waals surface area contributed by atoms with Gasteiger partial charge >= 0.3 is 5.97 Å². The Hall–Kier alpha value is -0.830. The van der Waals surface area contributed by atoms with E-state index in [0.29, 0.717) is 6.04 Å². The van der Waals surface area contributed by atoms with Crippen LogP contribution in [0, 0.1) is 5.41 Å². The molecule has 1 saturated heterocycles. The van der Waals surface area contributed by atoms with Crippen LogP contribution in [0.15, 0.2) is 12.7 Å². The number of carboxylic acids is 1. The van der Waals surface area contributed by atoms with Gasteiger partial charge in [-0.2, -0.15) is 0 Å². The predicted molar refractivity (Wildman–Crippen MR) is 40.2 cm³/mol. The van der Waals surface area contributed by atoms with Crippen molar-refractivity contribution in [3.05, 3.63) is 12.7 Å².